The zero-order chi connectivity index (χ0) is 26.1. The topological polar surface area (TPSA) is 107 Å². The first-order valence-electron chi connectivity index (χ1n) is 11.9. The van der Waals surface area contributed by atoms with E-state index in [9.17, 15) is 28.7 Å². The molecular weight excluding hydrogens is 477 g/mol. The summed E-state index contributed by atoms with van der Waals surface area (Å²) in [6.07, 6.45) is 0. The number of fused-ring (bicyclic) bond motifs is 2. The fraction of sp³-hybridized carbons (Fsp3) is 0.214. The normalized spacial score (nSPS) is 15.6. The maximum atomic E-state index is 13.2. The van der Waals surface area contributed by atoms with Crippen LogP contribution >= 0.6 is 0 Å². The molecule has 1 aliphatic heterocycles. The van der Waals surface area contributed by atoms with E-state index >= 15 is 0 Å². The van der Waals surface area contributed by atoms with E-state index in [1.165, 1.54) is 30.3 Å². The fourth-order valence-electron chi connectivity index (χ4n) is 4.73. The minimum Gasteiger partial charge on any atom is -0.394 e. The van der Waals surface area contributed by atoms with E-state index in [1.54, 1.807) is 41.3 Å². The molecule has 1 unspecified atom stereocenters. The Balaban J connectivity index is 1.26. The Morgan fingerprint density at radius 1 is 0.838 bits per heavy atom. The molecule has 1 aliphatic carbocycles. The van der Waals surface area contributed by atoms with Gasteiger partial charge in [-0.1, -0.05) is 24.3 Å². The molecule has 0 aromatic heterocycles. The smallest absolute Gasteiger partial charge is 0.252 e. The minimum atomic E-state index is -1.17. The number of hydrogen-bond donors (Lipinski definition) is 2. The van der Waals surface area contributed by atoms with Gasteiger partial charge in [-0.25, -0.2) is 4.39 Å². The van der Waals surface area contributed by atoms with E-state index in [-0.39, 0.29) is 39.6 Å². The number of hydrogen-bond acceptors (Lipinski definition) is 6. The van der Waals surface area contributed by atoms with E-state index in [0.29, 0.717) is 31.7 Å². The van der Waals surface area contributed by atoms with Crippen LogP contribution in [0.2, 0.25) is 0 Å². The number of halogens is 1. The van der Waals surface area contributed by atoms with Crippen molar-refractivity contribution in [1.29, 1.82) is 0 Å². The highest BCUT2D eigenvalue weighted by atomic mass is 19.1. The minimum absolute atomic E-state index is 0.103. The summed E-state index contributed by atoms with van der Waals surface area (Å²) in [5.41, 5.74) is 1.90. The molecule has 1 fully saturated rings. The van der Waals surface area contributed by atoms with E-state index in [4.69, 9.17) is 0 Å². The predicted octanol–water partition coefficient (Wildman–Crippen LogP) is 2.04. The molecule has 2 N–H and O–H groups in total. The predicted molar refractivity (Wildman–Crippen MR) is 133 cm³/mol. The van der Waals surface area contributed by atoms with Gasteiger partial charge in [0.2, 0.25) is 5.91 Å². The molecule has 0 saturated carbocycles. The number of rotatable bonds is 5. The number of benzene rings is 3. The molecule has 1 heterocycles. The summed E-state index contributed by atoms with van der Waals surface area (Å²) < 4.78 is 13.2. The molecule has 1 atom stereocenters. The quantitative estimate of drug-likeness (QED) is 0.434. The summed E-state index contributed by atoms with van der Waals surface area (Å²) >= 11 is 0. The summed E-state index contributed by atoms with van der Waals surface area (Å²) in [4.78, 5) is 55.3. The number of nitrogens with zero attached hydrogens (tertiary/aromatic N) is 2. The van der Waals surface area contributed by atoms with Crippen molar-refractivity contribution in [2.75, 3.05) is 37.7 Å². The number of aliphatic hydroxyl groups is 1. The van der Waals surface area contributed by atoms with Gasteiger partial charge in [0, 0.05) is 59.7 Å². The third-order valence-corrected chi connectivity index (χ3v) is 6.76. The molecule has 5 rings (SSSR count). The number of aliphatic hydroxyl groups excluding tert-OH is 1. The van der Waals surface area contributed by atoms with Gasteiger partial charge < -0.3 is 20.2 Å². The van der Waals surface area contributed by atoms with Crippen LogP contribution in [0.15, 0.2) is 66.7 Å². The third kappa shape index (κ3) is 4.61. The zero-order valence-corrected chi connectivity index (χ0v) is 19.8. The van der Waals surface area contributed by atoms with Crippen LogP contribution in [0.1, 0.15) is 42.2 Å². The monoisotopic (exact) mass is 501 g/mol. The van der Waals surface area contributed by atoms with Crippen molar-refractivity contribution in [3.63, 3.8) is 0 Å². The molecule has 2 amide bonds. The second-order valence-electron chi connectivity index (χ2n) is 8.96. The number of ketones is 2. The highest BCUT2D eigenvalue weighted by Crippen LogP contribution is 2.28. The van der Waals surface area contributed by atoms with Crippen LogP contribution in [0.4, 0.5) is 10.1 Å². The Bertz CT molecular complexity index is 1400. The molecule has 188 valence electrons. The number of nitrogens with one attached hydrogen (secondary N) is 1. The maximum absolute atomic E-state index is 13.2. The first kappa shape index (κ1) is 24.3. The number of amides is 2. The average molecular weight is 502 g/mol. The van der Waals surface area contributed by atoms with Gasteiger partial charge in [-0.05, 0) is 42.5 Å². The highest BCUT2D eigenvalue weighted by Gasteiger charge is 2.32. The summed E-state index contributed by atoms with van der Waals surface area (Å²) in [7, 11) is 0. The summed E-state index contributed by atoms with van der Waals surface area (Å²) in [5, 5.41) is 12.4. The SMILES string of the molecule is O=C(NC(CO)C(=O)N1CCN(c2ccc(F)cc2)CC1)c1ccc2c(c1)C(=O)c1ccccc1C2=O. The fourth-order valence-corrected chi connectivity index (χ4v) is 4.73. The number of carbonyl (C=O) groups is 4. The summed E-state index contributed by atoms with van der Waals surface area (Å²) in [6.45, 7) is 1.19. The van der Waals surface area contributed by atoms with Crippen molar-refractivity contribution >= 4 is 29.1 Å². The summed E-state index contributed by atoms with van der Waals surface area (Å²) in [5.74, 6) is -2.03. The molecular formula is C28H24FN3O5. The average Bonchev–Trinajstić information content (AvgIpc) is 2.94. The molecule has 0 bridgehead atoms. The lowest BCUT2D eigenvalue weighted by atomic mass is 9.83. The van der Waals surface area contributed by atoms with Crippen molar-refractivity contribution in [3.8, 4) is 0 Å². The third-order valence-electron chi connectivity index (χ3n) is 6.76. The highest BCUT2D eigenvalue weighted by molar-refractivity contribution is 6.28. The Hall–Kier alpha value is -4.37. The van der Waals surface area contributed by atoms with Crippen molar-refractivity contribution < 1.29 is 28.7 Å². The molecule has 0 radical (unpaired) electrons. The largest absolute Gasteiger partial charge is 0.394 e. The lowest BCUT2D eigenvalue weighted by Crippen LogP contribution is -2.56. The zero-order valence-electron chi connectivity index (χ0n) is 19.8. The molecule has 1 saturated heterocycles. The van der Waals surface area contributed by atoms with E-state index in [1.807, 2.05) is 4.90 Å². The van der Waals surface area contributed by atoms with Gasteiger partial charge in [0.15, 0.2) is 11.6 Å². The van der Waals surface area contributed by atoms with Crippen LogP contribution < -0.4 is 10.2 Å². The van der Waals surface area contributed by atoms with Gasteiger partial charge in [-0.15, -0.1) is 0 Å². The summed E-state index contributed by atoms with van der Waals surface area (Å²) in [6, 6.07) is 15.7. The maximum Gasteiger partial charge on any atom is 0.252 e. The van der Waals surface area contributed by atoms with Crippen molar-refractivity contribution in [2.45, 2.75) is 6.04 Å². The second-order valence-corrected chi connectivity index (χ2v) is 8.96. The number of anilines is 1. The lowest BCUT2D eigenvalue weighted by molar-refractivity contribution is -0.134. The number of piperazine rings is 1. The van der Waals surface area contributed by atoms with E-state index < -0.39 is 24.5 Å². The van der Waals surface area contributed by atoms with E-state index in [2.05, 4.69) is 5.32 Å². The van der Waals surface area contributed by atoms with E-state index in [0.717, 1.165) is 5.69 Å². The van der Waals surface area contributed by atoms with Crippen LogP contribution in [-0.2, 0) is 4.79 Å². The standard InChI is InChI=1S/C28H24FN3O5/c29-18-6-8-19(9-7-18)31-11-13-32(14-12-31)28(37)24(16-33)30-27(36)17-5-10-22-23(15-17)26(35)21-4-2-1-3-20(21)25(22)34/h1-10,15,24,33H,11-14,16H2,(H,30,36). The van der Waals surface area contributed by atoms with Gasteiger partial charge in [0.05, 0.1) is 6.61 Å². The first-order chi connectivity index (χ1) is 17.9. The van der Waals surface area contributed by atoms with Crippen LogP contribution in [-0.4, -0.2) is 72.2 Å². The van der Waals surface area contributed by atoms with Gasteiger partial charge in [0.25, 0.3) is 5.91 Å². The van der Waals surface area contributed by atoms with Crippen molar-refractivity contribution in [2.24, 2.45) is 0 Å². The molecule has 3 aromatic rings. The Morgan fingerprint density at radius 2 is 1.43 bits per heavy atom. The van der Waals surface area contributed by atoms with Crippen molar-refractivity contribution in [1.82, 2.24) is 10.2 Å². The van der Waals surface area contributed by atoms with Gasteiger partial charge in [0.1, 0.15) is 11.9 Å². The first-order valence-corrected chi connectivity index (χ1v) is 11.9. The molecule has 0 spiro atoms. The van der Waals surface area contributed by atoms with Gasteiger partial charge in [-0.2, -0.15) is 0 Å². The molecule has 3 aromatic carbocycles. The Kier molecular flexibility index (Phi) is 6.54. The Labute approximate surface area is 212 Å². The number of carbonyl (C=O) groups excluding carboxylic acids is 4. The van der Waals surface area contributed by atoms with Crippen molar-refractivity contribution in [3.05, 3.63) is 100 Å². The van der Waals surface area contributed by atoms with Crippen LogP contribution in [0, 0.1) is 5.82 Å². The van der Waals surface area contributed by atoms with Crippen LogP contribution in [0.25, 0.3) is 0 Å². The molecule has 9 heteroatoms. The second kappa shape index (κ2) is 9.94. The lowest BCUT2D eigenvalue weighted by Gasteiger charge is -2.37. The Morgan fingerprint density at radius 3 is 2.05 bits per heavy atom. The van der Waals surface area contributed by atoms with Gasteiger partial charge in [-0.3, -0.25) is 19.2 Å². The van der Waals surface area contributed by atoms with Gasteiger partial charge >= 0.3 is 0 Å². The molecule has 37 heavy (non-hydrogen) atoms. The van der Waals surface area contributed by atoms with Crippen LogP contribution in [0.5, 0.6) is 0 Å². The van der Waals surface area contributed by atoms with Crippen LogP contribution in [0.3, 0.4) is 0 Å². The molecule has 2 aliphatic rings. The molecule has 8 nitrogen and oxygen atoms in total.